The highest BCUT2D eigenvalue weighted by molar-refractivity contribution is 7.94. The number of H-pyrrole nitrogens is 1. The van der Waals surface area contributed by atoms with Gasteiger partial charge >= 0.3 is 0 Å². The number of halogens is 1. The Morgan fingerprint density at radius 2 is 2.05 bits per heavy atom. The third-order valence-electron chi connectivity index (χ3n) is 3.09. The first kappa shape index (κ1) is 13.1. The van der Waals surface area contributed by atoms with Crippen LogP contribution in [0.15, 0.2) is 46.1 Å². The van der Waals surface area contributed by atoms with Crippen molar-refractivity contribution in [3.8, 4) is 0 Å². The number of aromatic amines is 1. The lowest BCUT2D eigenvalue weighted by Gasteiger charge is -2.19. The number of hydrogen-bond acceptors (Lipinski definition) is 3. The highest BCUT2D eigenvalue weighted by Crippen LogP contribution is 2.31. The summed E-state index contributed by atoms with van der Waals surface area (Å²) in [6.45, 7) is 0. The molecule has 0 unspecified atom stereocenters. The first-order chi connectivity index (χ1) is 9.51. The van der Waals surface area contributed by atoms with Gasteiger partial charge in [0.1, 0.15) is 10.0 Å². The van der Waals surface area contributed by atoms with E-state index in [4.69, 9.17) is 0 Å². The van der Waals surface area contributed by atoms with Crippen molar-refractivity contribution in [3.63, 3.8) is 0 Å². The van der Waals surface area contributed by atoms with Crippen molar-refractivity contribution < 1.29 is 12.8 Å². The third-order valence-corrected chi connectivity index (χ3v) is 6.24. The van der Waals surface area contributed by atoms with E-state index in [1.54, 1.807) is 35.7 Å². The van der Waals surface area contributed by atoms with Gasteiger partial charge in [-0.15, -0.1) is 11.3 Å². The molecule has 104 valence electrons. The van der Waals surface area contributed by atoms with Crippen molar-refractivity contribution >= 4 is 38.0 Å². The van der Waals surface area contributed by atoms with E-state index in [1.807, 2.05) is 0 Å². The van der Waals surface area contributed by atoms with Gasteiger partial charge < -0.3 is 4.98 Å². The Balaban J connectivity index is 2.16. The van der Waals surface area contributed by atoms with Gasteiger partial charge in [-0.25, -0.2) is 12.8 Å². The predicted octanol–water partition coefficient (Wildman–Crippen LogP) is 3.19. The monoisotopic (exact) mass is 310 g/mol. The summed E-state index contributed by atoms with van der Waals surface area (Å²) in [7, 11) is -2.16. The molecule has 0 saturated heterocycles. The molecule has 0 bridgehead atoms. The molecule has 0 atom stereocenters. The third kappa shape index (κ3) is 1.90. The van der Waals surface area contributed by atoms with Gasteiger partial charge in [0.25, 0.3) is 10.0 Å². The summed E-state index contributed by atoms with van der Waals surface area (Å²) in [6, 6.07) is 8.11. The molecule has 1 aromatic carbocycles. The number of anilines is 1. The van der Waals surface area contributed by atoms with Crippen LogP contribution >= 0.6 is 11.3 Å². The van der Waals surface area contributed by atoms with Gasteiger partial charge in [0.2, 0.25) is 0 Å². The quantitative estimate of drug-likeness (QED) is 0.807. The Morgan fingerprint density at radius 1 is 1.25 bits per heavy atom. The molecule has 2 aromatic heterocycles. The zero-order valence-corrected chi connectivity index (χ0v) is 12.1. The number of hydrogen-bond donors (Lipinski definition) is 1. The zero-order valence-electron chi connectivity index (χ0n) is 10.5. The van der Waals surface area contributed by atoms with Crippen LogP contribution in [0, 0.1) is 5.82 Å². The second kappa shape index (κ2) is 4.60. The second-order valence-electron chi connectivity index (χ2n) is 4.24. The van der Waals surface area contributed by atoms with E-state index >= 15 is 0 Å². The first-order valence-corrected chi connectivity index (χ1v) is 8.12. The molecule has 0 fully saturated rings. The summed E-state index contributed by atoms with van der Waals surface area (Å²) in [6.07, 6.45) is 1.22. The van der Waals surface area contributed by atoms with Crippen molar-refractivity contribution in [2.75, 3.05) is 11.4 Å². The molecule has 0 aliphatic rings. The maximum Gasteiger partial charge on any atom is 0.273 e. The molecule has 0 aliphatic carbocycles. The Kier molecular flexibility index (Phi) is 3.02. The molecular formula is C13H11FN2O2S2. The Bertz CT molecular complexity index is 854. The fraction of sp³-hybridized carbons (Fsp3) is 0.0769. The number of para-hydroxylation sites is 1. The molecule has 4 nitrogen and oxygen atoms in total. The number of benzene rings is 1. The maximum absolute atomic E-state index is 13.6. The largest absolute Gasteiger partial charge is 0.357 e. The number of rotatable bonds is 3. The normalized spacial score (nSPS) is 11.9. The van der Waals surface area contributed by atoms with Gasteiger partial charge in [0, 0.05) is 18.6 Å². The molecule has 0 radical (unpaired) electrons. The number of sulfonamides is 1. The van der Waals surface area contributed by atoms with Crippen molar-refractivity contribution in [2.45, 2.75) is 4.21 Å². The Hall–Kier alpha value is -1.86. The molecule has 7 heteroatoms. The van der Waals surface area contributed by atoms with Gasteiger partial charge in [-0.2, -0.15) is 0 Å². The zero-order chi connectivity index (χ0) is 14.3. The van der Waals surface area contributed by atoms with Crippen LogP contribution < -0.4 is 4.31 Å². The molecular weight excluding hydrogens is 299 g/mol. The van der Waals surface area contributed by atoms with Crippen LogP contribution in [-0.2, 0) is 10.0 Å². The van der Waals surface area contributed by atoms with Crippen LogP contribution in [0.25, 0.3) is 10.9 Å². The van der Waals surface area contributed by atoms with Crippen molar-refractivity contribution in [2.24, 2.45) is 0 Å². The molecule has 0 amide bonds. The number of thiophene rings is 1. The standard InChI is InChI=1S/C13H11FN2O2S2/c1-16(20(17,18)12-6-3-7-19-12)11-5-2-4-9-10(14)8-15-13(9)11/h2-8,15H,1H3. The summed E-state index contributed by atoms with van der Waals surface area (Å²) in [5, 5.41) is 2.08. The van der Waals surface area contributed by atoms with Crippen LogP contribution in [0.3, 0.4) is 0 Å². The SMILES string of the molecule is CN(c1cccc2c(F)c[nH]c12)S(=O)(=O)c1cccs1. The minimum absolute atomic E-state index is 0.254. The molecule has 3 rings (SSSR count). The Morgan fingerprint density at radius 3 is 2.75 bits per heavy atom. The van der Waals surface area contributed by atoms with Crippen molar-refractivity contribution in [1.82, 2.24) is 4.98 Å². The lowest BCUT2D eigenvalue weighted by atomic mass is 10.2. The molecule has 0 aliphatic heterocycles. The van der Waals surface area contributed by atoms with E-state index < -0.39 is 15.8 Å². The lowest BCUT2D eigenvalue weighted by Crippen LogP contribution is -2.26. The molecule has 0 saturated carbocycles. The summed E-state index contributed by atoms with van der Waals surface area (Å²) in [5.41, 5.74) is 0.882. The molecule has 20 heavy (non-hydrogen) atoms. The van der Waals surface area contributed by atoms with E-state index in [-0.39, 0.29) is 4.21 Å². The van der Waals surface area contributed by atoms with Crippen LogP contribution in [0.5, 0.6) is 0 Å². The average Bonchev–Trinajstić information content (AvgIpc) is 3.08. The lowest BCUT2D eigenvalue weighted by molar-refractivity contribution is 0.596. The van der Waals surface area contributed by atoms with Gasteiger partial charge in [0.05, 0.1) is 11.2 Å². The Labute approximate surface area is 119 Å². The van der Waals surface area contributed by atoms with Crippen LogP contribution in [0.1, 0.15) is 0 Å². The topological polar surface area (TPSA) is 53.2 Å². The highest BCUT2D eigenvalue weighted by atomic mass is 32.2. The van der Waals surface area contributed by atoms with E-state index in [1.165, 1.54) is 13.2 Å². The number of fused-ring (bicyclic) bond motifs is 1. The van der Waals surface area contributed by atoms with E-state index in [0.717, 1.165) is 15.6 Å². The van der Waals surface area contributed by atoms with Crippen LogP contribution in [0.4, 0.5) is 10.1 Å². The second-order valence-corrected chi connectivity index (χ2v) is 7.38. The molecule has 3 aromatic rings. The minimum atomic E-state index is -3.62. The summed E-state index contributed by atoms with van der Waals surface area (Å²) in [5.74, 6) is -0.399. The maximum atomic E-state index is 13.6. The summed E-state index contributed by atoms with van der Waals surface area (Å²) < 4.78 is 39.9. The smallest absolute Gasteiger partial charge is 0.273 e. The van der Waals surface area contributed by atoms with Gasteiger partial charge in [-0.05, 0) is 23.6 Å². The number of aromatic nitrogens is 1. The van der Waals surface area contributed by atoms with E-state index in [9.17, 15) is 12.8 Å². The molecule has 0 spiro atoms. The van der Waals surface area contributed by atoms with E-state index in [2.05, 4.69) is 4.98 Å². The first-order valence-electron chi connectivity index (χ1n) is 5.80. The number of nitrogens with zero attached hydrogens (tertiary/aromatic N) is 1. The molecule has 1 N–H and O–H groups in total. The summed E-state index contributed by atoms with van der Waals surface area (Å²) >= 11 is 1.15. The summed E-state index contributed by atoms with van der Waals surface area (Å²) in [4.78, 5) is 2.78. The van der Waals surface area contributed by atoms with Crippen LogP contribution in [-0.4, -0.2) is 20.4 Å². The average molecular weight is 310 g/mol. The predicted molar refractivity (Wildman–Crippen MR) is 78.2 cm³/mol. The number of nitrogens with one attached hydrogen (secondary N) is 1. The van der Waals surface area contributed by atoms with Crippen molar-refractivity contribution in [3.05, 3.63) is 47.7 Å². The fourth-order valence-corrected chi connectivity index (χ4v) is 4.41. The minimum Gasteiger partial charge on any atom is -0.357 e. The van der Waals surface area contributed by atoms with Gasteiger partial charge in [-0.1, -0.05) is 12.1 Å². The van der Waals surface area contributed by atoms with Crippen LogP contribution in [0.2, 0.25) is 0 Å². The highest BCUT2D eigenvalue weighted by Gasteiger charge is 2.24. The fourth-order valence-electron chi connectivity index (χ4n) is 2.04. The van der Waals surface area contributed by atoms with Crippen molar-refractivity contribution in [1.29, 1.82) is 0 Å². The van der Waals surface area contributed by atoms with Gasteiger partial charge in [0.15, 0.2) is 0 Å². The van der Waals surface area contributed by atoms with E-state index in [0.29, 0.717) is 16.6 Å². The van der Waals surface area contributed by atoms with Gasteiger partial charge in [-0.3, -0.25) is 4.31 Å². The molecule has 2 heterocycles.